The highest BCUT2D eigenvalue weighted by Gasteiger charge is 2.20. The average Bonchev–Trinajstić information content (AvgIpc) is 1.94. The van der Waals surface area contributed by atoms with Gasteiger partial charge < -0.3 is 4.79 Å². The molecule has 0 aliphatic heterocycles. The van der Waals surface area contributed by atoms with Crippen molar-refractivity contribution >= 4 is 29.5 Å². The summed E-state index contributed by atoms with van der Waals surface area (Å²) in [6.45, 7) is 0. The van der Waals surface area contributed by atoms with Gasteiger partial charge in [0.15, 0.2) is 0 Å². The molecule has 1 aliphatic rings. The predicted octanol–water partition coefficient (Wildman–Crippen LogP) is 2.64. The number of carbonyl (C=O) groups is 1. The number of carbonyl (C=O) groups excluding carboxylic acids is 1. The van der Waals surface area contributed by atoms with Crippen LogP contribution in [-0.4, -0.2) is 10.6 Å². The lowest BCUT2D eigenvalue weighted by molar-refractivity contribution is -0.107. The molecular formula is C8H8Cl2O. The Morgan fingerprint density at radius 2 is 2.36 bits per heavy atom. The van der Waals surface area contributed by atoms with Crippen LogP contribution in [0.4, 0.5) is 0 Å². The molecule has 0 bridgehead atoms. The van der Waals surface area contributed by atoms with Crippen LogP contribution in [0.2, 0.25) is 0 Å². The van der Waals surface area contributed by atoms with Crippen molar-refractivity contribution in [1.29, 1.82) is 0 Å². The van der Waals surface area contributed by atoms with Crippen LogP contribution in [0.5, 0.6) is 0 Å². The molecule has 0 amide bonds. The molecule has 0 aromatic carbocycles. The molecular weight excluding hydrogens is 183 g/mol. The van der Waals surface area contributed by atoms with Crippen molar-refractivity contribution in [1.82, 2.24) is 0 Å². The third-order valence-electron chi connectivity index (χ3n) is 1.50. The van der Waals surface area contributed by atoms with Crippen LogP contribution < -0.4 is 0 Å². The Bertz CT molecular complexity index is 216. The molecule has 0 N–H and O–H groups in total. The monoisotopic (exact) mass is 190 g/mol. The lowest BCUT2D eigenvalue weighted by atomic mass is 10.0. The Labute approximate surface area is 75.7 Å². The molecule has 1 aliphatic carbocycles. The first-order chi connectivity index (χ1) is 5.14. The van der Waals surface area contributed by atoms with E-state index in [4.69, 9.17) is 23.2 Å². The third-order valence-corrected chi connectivity index (χ3v) is 2.06. The maximum absolute atomic E-state index is 10.1. The van der Waals surface area contributed by atoms with Crippen molar-refractivity contribution in [3.05, 3.63) is 23.8 Å². The Balaban J connectivity index is 2.59. The zero-order valence-corrected chi connectivity index (χ0v) is 7.40. The lowest BCUT2D eigenvalue weighted by Gasteiger charge is -2.16. The number of halogens is 2. The molecule has 11 heavy (non-hydrogen) atoms. The van der Waals surface area contributed by atoms with Crippen LogP contribution in [0, 0.1) is 0 Å². The summed E-state index contributed by atoms with van der Waals surface area (Å²) >= 11 is 11.6. The van der Waals surface area contributed by atoms with Gasteiger partial charge in [0.05, 0.1) is 0 Å². The minimum absolute atomic E-state index is 0.445. The van der Waals surface area contributed by atoms with Crippen LogP contribution in [0.15, 0.2) is 23.8 Å². The summed E-state index contributed by atoms with van der Waals surface area (Å²) in [5, 5.41) is 0. The largest absolute Gasteiger partial charge is 0.303 e. The molecule has 0 spiro atoms. The first-order valence-electron chi connectivity index (χ1n) is 3.34. The number of allylic oxidation sites excluding steroid dienone is 4. The van der Waals surface area contributed by atoms with Gasteiger partial charge in [-0.05, 0) is 11.6 Å². The smallest absolute Gasteiger partial charge is 0.140 e. The van der Waals surface area contributed by atoms with Crippen molar-refractivity contribution in [2.75, 3.05) is 0 Å². The maximum Gasteiger partial charge on any atom is 0.140 e. The van der Waals surface area contributed by atoms with Gasteiger partial charge in [-0.1, -0.05) is 35.4 Å². The number of rotatable bonds is 2. The van der Waals surface area contributed by atoms with Gasteiger partial charge in [0.25, 0.3) is 0 Å². The van der Waals surface area contributed by atoms with Crippen LogP contribution in [-0.2, 0) is 4.79 Å². The van der Waals surface area contributed by atoms with E-state index in [0.717, 1.165) is 11.9 Å². The quantitative estimate of drug-likeness (QED) is 0.484. The van der Waals surface area contributed by atoms with Crippen molar-refractivity contribution in [2.45, 2.75) is 17.2 Å². The Morgan fingerprint density at radius 1 is 1.64 bits per heavy atom. The van der Waals surface area contributed by atoms with Crippen molar-refractivity contribution in [3.63, 3.8) is 0 Å². The van der Waals surface area contributed by atoms with Gasteiger partial charge in [0, 0.05) is 12.8 Å². The zero-order chi connectivity index (χ0) is 8.32. The molecule has 0 unspecified atom stereocenters. The van der Waals surface area contributed by atoms with Gasteiger partial charge in [0.1, 0.15) is 10.6 Å². The second-order valence-corrected chi connectivity index (χ2v) is 3.99. The highest BCUT2D eigenvalue weighted by atomic mass is 35.5. The summed E-state index contributed by atoms with van der Waals surface area (Å²) in [4.78, 5) is 10.1. The molecule has 0 saturated heterocycles. The fourth-order valence-electron chi connectivity index (χ4n) is 0.880. The molecule has 3 heteroatoms. The summed E-state index contributed by atoms with van der Waals surface area (Å²) in [7, 11) is 0. The number of hydrogen-bond acceptors (Lipinski definition) is 1. The molecule has 0 aromatic rings. The Hall–Kier alpha value is -0.270. The van der Waals surface area contributed by atoms with Crippen LogP contribution in [0.25, 0.3) is 0 Å². The van der Waals surface area contributed by atoms with E-state index in [9.17, 15) is 4.79 Å². The van der Waals surface area contributed by atoms with E-state index in [1.165, 1.54) is 0 Å². The second kappa shape index (κ2) is 3.42. The summed E-state index contributed by atoms with van der Waals surface area (Å²) < 4.78 is -0.771. The van der Waals surface area contributed by atoms with E-state index in [0.29, 0.717) is 12.8 Å². The molecule has 1 nitrogen and oxygen atoms in total. The first-order valence-corrected chi connectivity index (χ1v) is 4.09. The van der Waals surface area contributed by atoms with Gasteiger partial charge in [-0.25, -0.2) is 0 Å². The molecule has 1 rings (SSSR count). The van der Waals surface area contributed by atoms with Gasteiger partial charge in [-0.3, -0.25) is 0 Å². The number of alkyl halides is 2. The van der Waals surface area contributed by atoms with Crippen LogP contribution in [0.1, 0.15) is 12.8 Å². The van der Waals surface area contributed by atoms with Crippen LogP contribution >= 0.6 is 23.2 Å². The standard InChI is InChI=1S/C8H8Cl2O/c9-8(10)4-1-7(2-5-8)3-6-11/h1-2,4,6H,3,5H2. The normalized spacial score (nSPS) is 21.1. The topological polar surface area (TPSA) is 17.1 Å². The SMILES string of the molecule is O=CCC1=CCC(Cl)(Cl)C=C1. The van der Waals surface area contributed by atoms with E-state index in [1.807, 2.05) is 6.08 Å². The van der Waals surface area contributed by atoms with E-state index < -0.39 is 4.33 Å². The van der Waals surface area contributed by atoms with E-state index >= 15 is 0 Å². The van der Waals surface area contributed by atoms with Gasteiger partial charge in [-0.2, -0.15) is 0 Å². The fourth-order valence-corrected chi connectivity index (χ4v) is 1.16. The van der Waals surface area contributed by atoms with Crippen molar-refractivity contribution < 1.29 is 4.79 Å². The maximum atomic E-state index is 10.1. The second-order valence-electron chi connectivity index (χ2n) is 2.45. The summed E-state index contributed by atoms with van der Waals surface area (Å²) in [6.07, 6.45) is 7.27. The molecule has 0 heterocycles. The highest BCUT2D eigenvalue weighted by Crippen LogP contribution is 2.31. The van der Waals surface area contributed by atoms with Crippen molar-refractivity contribution in [3.8, 4) is 0 Å². The summed E-state index contributed by atoms with van der Waals surface area (Å²) in [5.74, 6) is 0. The molecule has 0 saturated carbocycles. The molecule has 0 aromatic heterocycles. The predicted molar refractivity (Wildman–Crippen MR) is 47.0 cm³/mol. The minimum atomic E-state index is -0.771. The Kier molecular flexibility index (Phi) is 2.74. The fraction of sp³-hybridized carbons (Fsp3) is 0.375. The molecule has 0 radical (unpaired) electrons. The van der Waals surface area contributed by atoms with Gasteiger partial charge >= 0.3 is 0 Å². The lowest BCUT2D eigenvalue weighted by Crippen LogP contribution is -2.10. The van der Waals surface area contributed by atoms with Crippen LogP contribution in [0.3, 0.4) is 0 Å². The Morgan fingerprint density at radius 3 is 2.82 bits per heavy atom. The average molecular weight is 191 g/mol. The van der Waals surface area contributed by atoms with Gasteiger partial charge in [-0.15, -0.1) is 0 Å². The molecule has 0 fully saturated rings. The van der Waals surface area contributed by atoms with E-state index in [-0.39, 0.29) is 0 Å². The number of aldehydes is 1. The van der Waals surface area contributed by atoms with E-state index in [2.05, 4.69) is 0 Å². The van der Waals surface area contributed by atoms with E-state index in [1.54, 1.807) is 12.2 Å². The first kappa shape index (κ1) is 8.82. The minimum Gasteiger partial charge on any atom is -0.303 e. The molecule has 60 valence electrons. The molecule has 0 atom stereocenters. The number of hydrogen-bond donors (Lipinski definition) is 0. The summed E-state index contributed by atoms with van der Waals surface area (Å²) in [5.41, 5.74) is 0.983. The highest BCUT2D eigenvalue weighted by molar-refractivity contribution is 6.50. The zero-order valence-electron chi connectivity index (χ0n) is 5.89. The van der Waals surface area contributed by atoms with Gasteiger partial charge in [0.2, 0.25) is 0 Å². The third kappa shape index (κ3) is 2.68. The van der Waals surface area contributed by atoms with Crippen molar-refractivity contribution in [2.24, 2.45) is 0 Å². The summed E-state index contributed by atoms with van der Waals surface area (Å²) in [6, 6.07) is 0.